The summed E-state index contributed by atoms with van der Waals surface area (Å²) in [5.74, 6) is 1.06. The van der Waals surface area contributed by atoms with E-state index >= 15 is 0 Å². The third-order valence-corrected chi connectivity index (χ3v) is 5.73. The maximum Gasteiger partial charge on any atom is 0.319 e. The number of aromatic nitrogens is 3. The van der Waals surface area contributed by atoms with E-state index in [1.807, 2.05) is 6.07 Å². The third kappa shape index (κ3) is 5.33. The molecule has 0 unspecified atom stereocenters. The molecule has 1 saturated carbocycles. The zero-order chi connectivity index (χ0) is 23.2. The first-order valence-electron chi connectivity index (χ1n) is 11.0. The Balaban J connectivity index is 1.32. The Morgan fingerprint density at radius 2 is 1.91 bits per heavy atom. The van der Waals surface area contributed by atoms with Gasteiger partial charge in [-0.3, -0.25) is 4.79 Å². The number of benzene rings is 2. The fourth-order valence-corrected chi connectivity index (χ4v) is 3.96. The Kier molecular flexibility index (Phi) is 6.92. The number of ether oxygens (including phenoxy) is 2. The Hall–Kier alpha value is -3.82. The van der Waals surface area contributed by atoms with Crippen molar-refractivity contribution in [3.63, 3.8) is 0 Å². The van der Waals surface area contributed by atoms with Crippen LogP contribution in [0, 0.1) is 0 Å². The lowest BCUT2D eigenvalue weighted by Gasteiger charge is -2.12. The summed E-state index contributed by atoms with van der Waals surface area (Å²) in [7, 11) is 3.09. The summed E-state index contributed by atoms with van der Waals surface area (Å²) in [5.41, 5.74) is 2.55. The lowest BCUT2D eigenvalue weighted by atomic mass is 10.1. The molecule has 3 N–H and O–H groups in total. The van der Waals surface area contributed by atoms with E-state index in [2.05, 4.69) is 26.3 Å². The van der Waals surface area contributed by atoms with Gasteiger partial charge in [0.2, 0.25) is 0 Å². The molecule has 0 radical (unpaired) electrons. The fraction of sp³-hybridized carbons (Fsp3) is 0.391. The fourth-order valence-electron chi connectivity index (χ4n) is 3.96. The summed E-state index contributed by atoms with van der Waals surface area (Å²) in [6.07, 6.45) is 4.40. The van der Waals surface area contributed by atoms with Gasteiger partial charge in [0, 0.05) is 24.2 Å². The SMILES string of the molecule is COc1ccc(NC(=O)NCCn2nnc3cc(C(=O)NC4CCCC4)ccc32)c(OC)c1. The molecule has 0 bridgehead atoms. The van der Waals surface area contributed by atoms with Gasteiger partial charge in [-0.15, -0.1) is 5.10 Å². The van der Waals surface area contributed by atoms with Crippen LogP contribution < -0.4 is 25.4 Å². The summed E-state index contributed by atoms with van der Waals surface area (Å²) in [4.78, 5) is 24.8. The molecule has 10 heteroatoms. The molecule has 2 aromatic carbocycles. The van der Waals surface area contributed by atoms with Crippen LogP contribution in [0.4, 0.5) is 10.5 Å². The van der Waals surface area contributed by atoms with E-state index < -0.39 is 0 Å². The molecular weight excluding hydrogens is 424 g/mol. The zero-order valence-electron chi connectivity index (χ0n) is 18.8. The highest BCUT2D eigenvalue weighted by Crippen LogP contribution is 2.28. The van der Waals surface area contributed by atoms with Gasteiger partial charge in [-0.25, -0.2) is 9.48 Å². The highest BCUT2D eigenvalue weighted by molar-refractivity contribution is 5.97. The van der Waals surface area contributed by atoms with Gasteiger partial charge in [0.25, 0.3) is 5.91 Å². The summed E-state index contributed by atoms with van der Waals surface area (Å²) in [6, 6.07) is 10.4. The van der Waals surface area contributed by atoms with Crippen molar-refractivity contribution in [3.8, 4) is 11.5 Å². The molecular formula is C23H28N6O4. The number of urea groups is 1. The first-order chi connectivity index (χ1) is 16.1. The van der Waals surface area contributed by atoms with Crippen molar-refractivity contribution in [2.45, 2.75) is 38.3 Å². The first kappa shape index (κ1) is 22.4. The van der Waals surface area contributed by atoms with Crippen LogP contribution in [0.5, 0.6) is 11.5 Å². The number of fused-ring (bicyclic) bond motifs is 1. The minimum absolute atomic E-state index is 0.0781. The van der Waals surface area contributed by atoms with Gasteiger partial charge in [-0.05, 0) is 43.2 Å². The van der Waals surface area contributed by atoms with Gasteiger partial charge in [0.15, 0.2) is 0 Å². The minimum Gasteiger partial charge on any atom is -0.497 e. The normalized spacial score (nSPS) is 13.6. The number of nitrogens with zero attached hydrogens (tertiary/aromatic N) is 3. The maximum atomic E-state index is 12.5. The summed E-state index contributed by atoms with van der Waals surface area (Å²) < 4.78 is 12.1. The van der Waals surface area contributed by atoms with E-state index in [9.17, 15) is 9.59 Å². The van der Waals surface area contributed by atoms with Crippen LogP contribution in [0.1, 0.15) is 36.0 Å². The Bertz CT molecular complexity index is 1140. The molecule has 0 spiro atoms. The van der Waals surface area contributed by atoms with E-state index in [-0.39, 0.29) is 18.0 Å². The molecule has 0 aliphatic heterocycles. The summed E-state index contributed by atoms with van der Waals surface area (Å²) >= 11 is 0. The van der Waals surface area contributed by atoms with Crippen LogP contribution in [-0.2, 0) is 6.54 Å². The van der Waals surface area contributed by atoms with Crippen LogP contribution in [0.15, 0.2) is 36.4 Å². The van der Waals surface area contributed by atoms with Crippen molar-refractivity contribution in [1.29, 1.82) is 0 Å². The van der Waals surface area contributed by atoms with Crippen LogP contribution in [0.2, 0.25) is 0 Å². The number of rotatable bonds is 8. The van der Waals surface area contributed by atoms with Crippen LogP contribution in [-0.4, -0.2) is 53.7 Å². The Labute approximate surface area is 191 Å². The standard InChI is InChI=1S/C23H28N6O4/c1-32-17-8-9-18(21(14-17)33-2)26-23(31)24-11-12-29-20-10-7-15(13-19(20)27-28-29)22(30)25-16-5-3-4-6-16/h7-10,13-14,16H,3-6,11-12H2,1-2H3,(H,25,30)(H2,24,26,31). The number of carbonyl (C=O) groups excluding carboxylic acids is 2. The molecule has 1 fully saturated rings. The summed E-state index contributed by atoms with van der Waals surface area (Å²) in [5, 5.41) is 17.0. The largest absolute Gasteiger partial charge is 0.497 e. The number of hydrogen-bond donors (Lipinski definition) is 3. The molecule has 0 atom stereocenters. The smallest absolute Gasteiger partial charge is 0.319 e. The molecule has 1 aliphatic rings. The van der Waals surface area contributed by atoms with Gasteiger partial charge < -0.3 is 25.4 Å². The molecule has 3 aromatic rings. The average Bonchev–Trinajstić information content (AvgIpc) is 3.49. The van der Waals surface area contributed by atoms with Crippen molar-refractivity contribution in [2.75, 3.05) is 26.1 Å². The zero-order valence-corrected chi connectivity index (χ0v) is 18.8. The lowest BCUT2D eigenvalue weighted by Crippen LogP contribution is -2.32. The number of methoxy groups -OCH3 is 2. The molecule has 0 saturated heterocycles. The second-order valence-corrected chi connectivity index (χ2v) is 7.92. The molecule has 4 rings (SSSR count). The second-order valence-electron chi connectivity index (χ2n) is 7.92. The van der Waals surface area contributed by atoms with E-state index in [1.165, 1.54) is 7.11 Å². The minimum atomic E-state index is -0.367. The van der Waals surface area contributed by atoms with Crippen molar-refractivity contribution in [1.82, 2.24) is 25.6 Å². The highest BCUT2D eigenvalue weighted by Gasteiger charge is 2.18. The van der Waals surface area contributed by atoms with Gasteiger partial charge >= 0.3 is 6.03 Å². The van der Waals surface area contributed by atoms with Crippen molar-refractivity contribution in [3.05, 3.63) is 42.0 Å². The predicted molar refractivity (Wildman–Crippen MR) is 124 cm³/mol. The lowest BCUT2D eigenvalue weighted by molar-refractivity contribution is 0.0938. The maximum absolute atomic E-state index is 12.5. The van der Waals surface area contributed by atoms with E-state index in [1.54, 1.807) is 42.1 Å². The number of hydrogen-bond acceptors (Lipinski definition) is 6. The Morgan fingerprint density at radius 1 is 1.09 bits per heavy atom. The van der Waals surface area contributed by atoms with Gasteiger partial charge in [0.1, 0.15) is 17.0 Å². The molecule has 174 valence electrons. The predicted octanol–water partition coefficient (Wildman–Crippen LogP) is 2.94. The van der Waals surface area contributed by atoms with Crippen LogP contribution in [0.3, 0.4) is 0 Å². The first-order valence-corrected chi connectivity index (χ1v) is 11.0. The molecule has 10 nitrogen and oxygen atoms in total. The molecule has 1 heterocycles. The molecule has 33 heavy (non-hydrogen) atoms. The van der Waals surface area contributed by atoms with E-state index in [0.717, 1.165) is 31.2 Å². The molecule has 3 amide bonds. The molecule has 1 aliphatic carbocycles. The number of amides is 3. The van der Waals surface area contributed by atoms with E-state index in [0.29, 0.717) is 41.4 Å². The van der Waals surface area contributed by atoms with Crippen molar-refractivity contribution >= 4 is 28.7 Å². The molecule has 1 aromatic heterocycles. The second kappa shape index (κ2) is 10.2. The summed E-state index contributed by atoms with van der Waals surface area (Å²) in [6.45, 7) is 0.768. The van der Waals surface area contributed by atoms with Gasteiger partial charge in [0.05, 0.1) is 32.0 Å². The van der Waals surface area contributed by atoms with Crippen LogP contribution >= 0.6 is 0 Å². The van der Waals surface area contributed by atoms with Crippen molar-refractivity contribution < 1.29 is 19.1 Å². The van der Waals surface area contributed by atoms with Crippen molar-refractivity contribution in [2.24, 2.45) is 0 Å². The third-order valence-electron chi connectivity index (χ3n) is 5.73. The quantitative estimate of drug-likeness (QED) is 0.483. The number of nitrogens with one attached hydrogen (secondary N) is 3. The monoisotopic (exact) mass is 452 g/mol. The topological polar surface area (TPSA) is 119 Å². The van der Waals surface area contributed by atoms with Gasteiger partial charge in [-0.1, -0.05) is 18.1 Å². The van der Waals surface area contributed by atoms with Crippen LogP contribution in [0.25, 0.3) is 11.0 Å². The average molecular weight is 453 g/mol. The highest BCUT2D eigenvalue weighted by atomic mass is 16.5. The number of anilines is 1. The Morgan fingerprint density at radius 3 is 2.67 bits per heavy atom. The number of carbonyl (C=O) groups is 2. The van der Waals surface area contributed by atoms with Gasteiger partial charge in [-0.2, -0.15) is 0 Å². The van der Waals surface area contributed by atoms with E-state index in [4.69, 9.17) is 9.47 Å².